The van der Waals surface area contributed by atoms with Crippen LogP contribution in [0.15, 0.2) is 30.3 Å². The maximum atomic E-state index is 5.48. The quantitative estimate of drug-likeness (QED) is 0.769. The van der Waals surface area contributed by atoms with E-state index in [9.17, 15) is 0 Å². The average molecular weight is 221 g/mol. The fraction of sp³-hybridized carbons (Fsp3) is 0.538. The van der Waals surface area contributed by atoms with Crippen LogP contribution in [0.4, 0.5) is 0 Å². The van der Waals surface area contributed by atoms with E-state index in [0.717, 1.165) is 32.9 Å². The van der Waals surface area contributed by atoms with Crippen LogP contribution in [-0.2, 0) is 16.0 Å². The zero-order chi connectivity index (χ0) is 11.2. The van der Waals surface area contributed by atoms with Gasteiger partial charge in [0.05, 0.1) is 25.9 Å². The Hall–Kier alpha value is -0.900. The van der Waals surface area contributed by atoms with E-state index >= 15 is 0 Å². The molecule has 1 fully saturated rings. The largest absolute Gasteiger partial charge is 0.383 e. The topological polar surface area (TPSA) is 21.7 Å². The molecule has 0 aliphatic carbocycles. The third-order valence-electron chi connectivity index (χ3n) is 2.94. The number of nitrogens with zero attached hydrogens (tertiary/aromatic N) is 1. The molecule has 1 aliphatic heterocycles. The van der Waals surface area contributed by atoms with Gasteiger partial charge in [-0.1, -0.05) is 30.3 Å². The molecule has 3 heteroatoms. The fourth-order valence-electron chi connectivity index (χ4n) is 2.06. The van der Waals surface area contributed by atoms with E-state index < -0.39 is 0 Å². The van der Waals surface area contributed by atoms with Crippen molar-refractivity contribution in [2.45, 2.75) is 12.6 Å². The number of hydrogen-bond acceptors (Lipinski definition) is 3. The number of morpholine rings is 1. The summed E-state index contributed by atoms with van der Waals surface area (Å²) in [6.07, 6.45) is 0. The lowest BCUT2D eigenvalue weighted by Crippen LogP contribution is -2.47. The lowest BCUT2D eigenvalue weighted by molar-refractivity contribution is -0.0387. The Balaban J connectivity index is 1.96. The number of methoxy groups -OCH3 is 1. The average Bonchev–Trinajstić information content (AvgIpc) is 2.33. The van der Waals surface area contributed by atoms with Gasteiger partial charge in [-0.25, -0.2) is 0 Å². The summed E-state index contributed by atoms with van der Waals surface area (Å²) in [5.41, 5.74) is 1.35. The van der Waals surface area contributed by atoms with Gasteiger partial charge >= 0.3 is 0 Å². The minimum absolute atomic E-state index is 0.388. The molecular formula is C13H19NO2. The first-order chi connectivity index (χ1) is 7.90. The van der Waals surface area contributed by atoms with Crippen LogP contribution in [0.5, 0.6) is 0 Å². The molecule has 3 nitrogen and oxygen atoms in total. The lowest BCUT2D eigenvalue weighted by atomic mass is 10.1. The van der Waals surface area contributed by atoms with Crippen molar-refractivity contribution in [1.29, 1.82) is 0 Å². The summed E-state index contributed by atoms with van der Waals surface area (Å²) < 4.78 is 10.7. The van der Waals surface area contributed by atoms with E-state index in [-0.39, 0.29) is 0 Å². The normalized spacial score (nSPS) is 22.2. The van der Waals surface area contributed by atoms with Gasteiger partial charge in [0.1, 0.15) is 0 Å². The number of benzene rings is 1. The van der Waals surface area contributed by atoms with Crippen LogP contribution < -0.4 is 0 Å². The number of rotatable bonds is 4. The molecule has 1 aromatic rings. The van der Waals surface area contributed by atoms with E-state index in [0.29, 0.717) is 6.04 Å². The van der Waals surface area contributed by atoms with Crippen molar-refractivity contribution in [3.63, 3.8) is 0 Å². The number of hydrogen-bond donors (Lipinski definition) is 0. The van der Waals surface area contributed by atoms with Crippen molar-refractivity contribution in [3.05, 3.63) is 35.9 Å². The maximum absolute atomic E-state index is 5.48. The van der Waals surface area contributed by atoms with Gasteiger partial charge in [-0.2, -0.15) is 0 Å². The molecule has 0 amide bonds. The van der Waals surface area contributed by atoms with E-state index in [1.807, 2.05) is 0 Å². The van der Waals surface area contributed by atoms with E-state index in [1.165, 1.54) is 5.56 Å². The Bertz CT molecular complexity index is 300. The van der Waals surface area contributed by atoms with Gasteiger partial charge in [-0.3, -0.25) is 4.90 Å². The zero-order valence-electron chi connectivity index (χ0n) is 9.76. The first-order valence-corrected chi connectivity index (χ1v) is 5.75. The van der Waals surface area contributed by atoms with Crippen molar-refractivity contribution in [2.24, 2.45) is 0 Å². The molecule has 88 valence electrons. The van der Waals surface area contributed by atoms with Crippen LogP contribution in [0.2, 0.25) is 0 Å². The minimum atomic E-state index is 0.388. The fourth-order valence-corrected chi connectivity index (χ4v) is 2.06. The second-order valence-corrected chi connectivity index (χ2v) is 4.14. The summed E-state index contributed by atoms with van der Waals surface area (Å²) in [5.74, 6) is 0. The SMILES string of the molecule is COC[C@H]1COCCN1Cc1ccccc1. The van der Waals surface area contributed by atoms with Gasteiger partial charge < -0.3 is 9.47 Å². The van der Waals surface area contributed by atoms with Crippen LogP contribution in [0.25, 0.3) is 0 Å². The van der Waals surface area contributed by atoms with Crippen molar-refractivity contribution in [3.8, 4) is 0 Å². The van der Waals surface area contributed by atoms with Crippen LogP contribution >= 0.6 is 0 Å². The summed E-state index contributed by atoms with van der Waals surface area (Å²) in [6.45, 7) is 4.32. The van der Waals surface area contributed by atoms with Crippen molar-refractivity contribution >= 4 is 0 Å². The summed E-state index contributed by atoms with van der Waals surface area (Å²) in [4.78, 5) is 2.43. The van der Waals surface area contributed by atoms with E-state index in [1.54, 1.807) is 7.11 Å². The summed E-state index contributed by atoms with van der Waals surface area (Å²) in [6, 6.07) is 10.9. The molecule has 1 aliphatic rings. The van der Waals surface area contributed by atoms with E-state index in [2.05, 4.69) is 35.2 Å². The Labute approximate surface area is 97.0 Å². The molecule has 0 radical (unpaired) electrons. The van der Waals surface area contributed by atoms with Crippen molar-refractivity contribution in [1.82, 2.24) is 4.90 Å². The molecule has 1 saturated heterocycles. The number of ether oxygens (including phenoxy) is 2. The molecule has 0 bridgehead atoms. The van der Waals surface area contributed by atoms with Crippen LogP contribution in [0.1, 0.15) is 5.56 Å². The summed E-state index contributed by atoms with van der Waals surface area (Å²) >= 11 is 0. The predicted molar refractivity (Wildman–Crippen MR) is 63.3 cm³/mol. The van der Waals surface area contributed by atoms with Gasteiger partial charge in [0, 0.05) is 20.2 Å². The second-order valence-electron chi connectivity index (χ2n) is 4.14. The van der Waals surface area contributed by atoms with Gasteiger partial charge in [-0.05, 0) is 5.56 Å². The molecule has 0 unspecified atom stereocenters. The van der Waals surface area contributed by atoms with Crippen LogP contribution in [-0.4, -0.2) is 44.4 Å². The molecule has 2 rings (SSSR count). The Kier molecular flexibility index (Phi) is 4.34. The minimum Gasteiger partial charge on any atom is -0.383 e. The standard InChI is InChI=1S/C13H19NO2/c1-15-10-13-11-16-8-7-14(13)9-12-5-3-2-4-6-12/h2-6,13H,7-11H2,1H3/t13-/m0/s1. The molecule has 1 heterocycles. The summed E-state index contributed by atoms with van der Waals surface area (Å²) in [7, 11) is 1.75. The molecule has 0 N–H and O–H groups in total. The first kappa shape index (κ1) is 11.6. The highest BCUT2D eigenvalue weighted by Gasteiger charge is 2.22. The molecule has 16 heavy (non-hydrogen) atoms. The molecule has 1 aromatic carbocycles. The van der Waals surface area contributed by atoms with Gasteiger partial charge in [0.2, 0.25) is 0 Å². The first-order valence-electron chi connectivity index (χ1n) is 5.75. The third-order valence-corrected chi connectivity index (χ3v) is 2.94. The molecule has 1 atom stereocenters. The van der Waals surface area contributed by atoms with Crippen molar-refractivity contribution < 1.29 is 9.47 Å². The van der Waals surface area contributed by atoms with E-state index in [4.69, 9.17) is 9.47 Å². The molecule has 0 aromatic heterocycles. The summed E-state index contributed by atoms with van der Waals surface area (Å²) in [5, 5.41) is 0. The highest BCUT2D eigenvalue weighted by Crippen LogP contribution is 2.12. The van der Waals surface area contributed by atoms with Crippen LogP contribution in [0, 0.1) is 0 Å². The smallest absolute Gasteiger partial charge is 0.0645 e. The highest BCUT2D eigenvalue weighted by molar-refractivity contribution is 5.14. The van der Waals surface area contributed by atoms with Crippen molar-refractivity contribution in [2.75, 3.05) is 33.5 Å². The maximum Gasteiger partial charge on any atom is 0.0645 e. The second kappa shape index (κ2) is 5.99. The zero-order valence-corrected chi connectivity index (χ0v) is 9.76. The lowest BCUT2D eigenvalue weighted by Gasteiger charge is -2.35. The van der Waals surface area contributed by atoms with Gasteiger partial charge in [-0.15, -0.1) is 0 Å². The van der Waals surface area contributed by atoms with Gasteiger partial charge in [0.15, 0.2) is 0 Å². The molecule has 0 spiro atoms. The van der Waals surface area contributed by atoms with Gasteiger partial charge in [0.25, 0.3) is 0 Å². The molecular weight excluding hydrogens is 202 g/mol. The Morgan fingerprint density at radius 1 is 1.38 bits per heavy atom. The third kappa shape index (κ3) is 3.04. The molecule has 0 saturated carbocycles. The highest BCUT2D eigenvalue weighted by atomic mass is 16.5. The predicted octanol–water partition coefficient (Wildman–Crippen LogP) is 1.53. The Morgan fingerprint density at radius 3 is 2.94 bits per heavy atom. The monoisotopic (exact) mass is 221 g/mol. The van der Waals surface area contributed by atoms with Crippen LogP contribution in [0.3, 0.4) is 0 Å². The Morgan fingerprint density at radius 2 is 2.19 bits per heavy atom.